The number of para-hydroxylation sites is 1. The standard InChI is InChI=1S/C27H22N2/c1-27(2)21-13-25-19(15-7-3-5-9-23(15)28-25)11-17(21)18-12-20-16-8-4-6-10-24(16)29-26(20)14-22(18)27/h3,5-7,9-14,28-29H,4,8H2,1-2H3. The normalized spacial score (nSPS) is 16.5. The molecular formula is C27H22N2. The van der Waals surface area contributed by atoms with E-state index in [4.69, 9.17) is 0 Å². The van der Waals surface area contributed by atoms with Gasteiger partial charge in [-0.15, -0.1) is 0 Å². The zero-order chi connectivity index (χ0) is 19.3. The summed E-state index contributed by atoms with van der Waals surface area (Å²) in [6, 6.07) is 18.3. The highest BCUT2D eigenvalue weighted by Gasteiger charge is 2.37. The van der Waals surface area contributed by atoms with Gasteiger partial charge in [0.2, 0.25) is 0 Å². The summed E-state index contributed by atoms with van der Waals surface area (Å²) in [5, 5.41) is 4.02. The SMILES string of the molecule is CC1(C)c2cc3[nH]c4c(c3cc2-c2cc3c(cc21)[nH]c1ccccc13)CCC=C4. The first-order chi connectivity index (χ1) is 14.1. The summed E-state index contributed by atoms with van der Waals surface area (Å²) in [7, 11) is 0. The maximum absolute atomic E-state index is 3.67. The number of aryl methyl sites for hydroxylation is 1. The number of fused-ring (bicyclic) bond motifs is 9. The summed E-state index contributed by atoms with van der Waals surface area (Å²) < 4.78 is 0. The van der Waals surface area contributed by atoms with Gasteiger partial charge < -0.3 is 9.97 Å². The van der Waals surface area contributed by atoms with Gasteiger partial charge in [-0.3, -0.25) is 0 Å². The van der Waals surface area contributed by atoms with Gasteiger partial charge in [0.05, 0.1) is 0 Å². The van der Waals surface area contributed by atoms with Crippen LogP contribution in [0.5, 0.6) is 0 Å². The molecule has 140 valence electrons. The Morgan fingerprint density at radius 1 is 0.759 bits per heavy atom. The van der Waals surface area contributed by atoms with Gasteiger partial charge in [0.1, 0.15) is 0 Å². The summed E-state index contributed by atoms with van der Waals surface area (Å²) >= 11 is 0. The molecule has 0 saturated heterocycles. The highest BCUT2D eigenvalue weighted by molar-refractivity contribution is 6.10. The van der Waals surface area contributed by atoms with Crippen LogP contribution in [0, 0.1) is 0 Å². The van der Waals surface area contributed by atoms with Crippen molar-refractivity contribution in [3.63, 3.8) is 0 Å². The van der Waals surface area contributed by atoms with E-state index in [2.05, 4.69) is 84.5 Å². The summed E-state index contributed by atoms with van der Waals surface area (Å²) in [5.41, 5.74) is 12.1. The highest BCUT2D eigenvalue weighted by atomic mass is 14.7. The van der Waals surface area contributed by atoms with E-state index >= 15 is 0 Å². The van der Waals surface area contributed by atoms with Crippen molar-refractivity contribution in [3.05, 3.63) is 77.0 Å². The van der Waals surface area contributed by atoms with Crippen molar-refractivity contribution in [1.82, 2.24) is 9.97 Å². The number of benzene rings is 3. The van der Waals surface area contributed by atoms with Crippen molar-refractivity contribution < 1.29 is 0 Å². The molecule has 7 rings (SSSR count). The fourth-order valence-electron chi connectivity index (χ4n) is 5.68. The molecule has 2 N–H and O–H groups in total. The smallest absolute Gasteiger partial charge is 0.0468 e. The van der Waals surface area contributed by atoms with Crippen LogP contribution < -0.4 is 0 Å². The van der Waals surface area contributed by atoms with Gasteiger partial charge in [0.15, 0.2) is 0 Å². The Morgan fingerprint density at radius 3 is 2.31 bits per heavy atom. The lowest BCUT2D eigenvalue weighted by Gasteiger charge is -2.21. The van der Waals surface area contributed by atoms with E-state index in [-0.39, 0.29) is 5.41 Å². The number of H-pyrrole nitrogens is 2. The van der Waals surface area contributed by atoms with Crippen molar-refractivity contribution in [2.75, 3.05) is 0 Å². The van der Waals surface area contributed by atoms with Gasteiger partial charge in [-0.1, -0.05) is 38.1 Å². The van der Waals surface area contributed by atoms with E-state index in [1.807, 2.05) is 0 Å². The van der Waals surface area contributed by atoms with Crippen molar-refractivity contribution >= 4 is 38.8 Å². The van der Waals surface area contributed by atoms with Crippen molar-refractivity contribution in [3.8, 4) is 11.1 Å². The fourth-order valence-corrected chi connectivity index (χ4v) is 5.68. The Balaban J connectivity index is 1.59. The van der Waals surface area contributed by atoms with E-state index < -0.39 is 0 Å². The second kappa shape index (κ2) is 5.01. The Bertz CT molecular complexity index is 1520. The molecule has 2 heterocycles. The Kier molecular flexibility index (Phi) is 2.70. The Labute approximate surface area is 169 Å². The molecule has 0 atom stereocenters. The van der Waals surface area contributed by atoms with E-state index in [0.717, 1.165) is 12.8 Å². The van der Waals surface area contributed by atoms with Crippen LogP contribution in [0.3, 0.4) is 0 Å². The molecule has 0 unspecified atom stereocenters. The first-order valence-corrected chi connectivity index (χ1v) is 10.5. The Morgan fingerprint density at radius 2 is 1.48 bits per heavy atom. The lowest BCUT2D eigenvalue weighted by atomic mass is 9.82. The lowest BCUT2D eigenvalue weighted by molar-refractivity contribution is 0.662. The van der Waals surface area contributed by atoms with E-state index in [1.165, 1.54) is 66.2 Å². The molecule has 2 heteroatoms. The minimum Gasteiger partial charge on any atom is -0.355 e. The number of nitrogens with one attached hydrogen (secondary N) is 2. The van der Waals surface area contributed by atoms with Gasteiger partial charge >= 0.3 is 0 Å². The third kappa shape index (κ3) is 1.87. The molecule has 0 spiro atoms. The third-order valence-electron chi connectivity index (χ3n) is 7.20. The second-order valence-corrected chi connectivity index (χ2v) is 9.14. The predicted octanol–water partition coefficient (Wildman–Crippen LogP) is 7.07. The molecule has 2 aliphatic carbocycles. The maximum atomic E-state index is 3.67. The zero-order valence-electron chi connectivity index (χ0n) is 16.7. The van der Waals surface area contributed by atoms with Crippen LogP contribution in [0.2, 0.25) is 0 Å². The first-order valence-electron chi connectivity index (χ1n) is 10.5. The average molecular weight is 374 g/mol. The number of allylic oxidation sites excluding steroid dienone is 1. The number of aromatic nitrogens is 2. The molecule has 2 nitrogen and oxygen atoms in total. The topological polar surface area (TPSA) is 31.6 Å². The maximum Gasteiger partial charge on any atom is 0.0468 e. The highest BCUT2D eigenvalue weighted by Crippen LogP contribution is 2.52. The lowest BCUT2D eigenvalue weighted by Crippen LogP contribution is -2.14. The van der Waals surface area contributed by atoms with Crippen molar-refractivity contribution in [2.24, 2.45) is 0 Å². The Hall–Kier alpha value is -3.26. The number of hydrogen-bond donors (Lipinski definition) is 2. The van der Waals surface area contributed by atoms with Gasteiger partial charge in [0, 0.05) is 43.8 Å². The molecule has 29 heavy (non-hydrogen) atoms. The monoisotopic (exact) mass is 374 g/mol. The van der Waals surface area contributed by atoms with E-state index in [9.17, 15) is 0 Å². The fraction of sp³-hybridized carbons (Fsp3) is 0.185. The van der Waals surface area contributed by atoms with Crippen molar-refractivity contribution in [1.29, 1.82) is 0 Å². The molecule has 2 aliphatic rings. The molecule has 0 amide bonds. The van der Waals surface area contributed by atoms with Gasteiger partial charge in [-0.05, 0) is 77.1 Å². The third-order valence-corrected chi connectivity index (χ3v) is 7.20. The number of hydrogen-bond acceptors (Lipinski definition) is 0. The molecule has 5 aromatic rings. The molecule has 0 bridgehead atoms. The summed E-state index contributed by atoms with van der Waals surface area (Å²) in [4.78, 5) is 7.30. The first kappa shape index (κ1) is 15.6. The van der Waals surface area contributed by atoms with Gasteiger partial charge in [0.25, 0.3) is 0 Å². The average Bonchev–Trinajstić information content (AvgIpc) is 3.34. The van der Waals surface area contributed by atoms with Crippen LogP contribution in [0.4, 0.5) is 0 Å². The van der Waals surface area contributed by atoms with Crippen LogP contribution in [-0.4, -0.2) is 9.97 Å². The second-order valence-electron chi connectivity index (χ2n) is 9.14. The van der Waals surface area contributed by atoms with E-state index in [0.29, 0.717) is 0 Å². The van der Waals surface area contributed by atoms with Crippen LogP contribution in [0.25, 0.3) is 49.9 Å². The quantitative estimate of drug-likeness (QED) is 0.290. The molecule has 0 aliphatic heterocycles. The molecular weight excluding hydrogens is 352 g/mol. The summed E-state index contributed by atoms with van der Waals surface area (Å²) in [5.74, 6) is 0. The minimum absolute atomic E-state index is 0.00814. The van der Waals surface area contributed by atoms with Crippen molar-refractivity contribution in [2.45, 2.75) is 32.1 Å². The van der Waals surface area contributed by atoms with Crippen LogP contribution in [0.15, 0.2) is 54.6 Å². The molecule has 0 radical (unpaired) electrons. The van der Waals surface area contributed by atoms with Crippen LogP contribution in [0.1, 0.15) is 42.7 Å². The molecule has 0 saturated carbocycles. The number of aromatic amines is 2. The number of rotatable bonds is 0. The zero-order valence-corrected chi connectivity index (χ0v) is 16.7. The predicted molar refractivity (Wildman–Crippen MR) is 123 cm³/mol. The minimum atomic E-state index is -0.00814. The molecule has 3 aromatic carbocycles. The van der Waals surface area contributed by atoms with Gasteiger partial charge in [-0.25, -0.2) is 0 Å². The van der Waals surface area contributed by atoms with Crippen LogP contribution in [-0.2, 0) is 11.8 Å². The van der Waals surface area contributed by atoms with Crippen LogP contribution >= 0.6 is 0 Å². The molecule has 2 aromatic heterocycles. The van der Waals surface area contributed by atoms with Gasteiger partial charge in [-0.2, -0.15) is 0 Å². The largest absolute Gasteiger partial charge is 0.355 e. The summed E-state index contributed by atoms with van der Waals surface area (Å²) in [6.45, 7) is 4.72. The van der Waals surface area contributed by atoms with E-state index in [1.54, 1.807) is 0 Å². The summed E-state index contributed by atoms with van der Waals surface area (Å²) in [6.07, 6.45) is 6.79. The molecule has 0 fully saturated rings.